The average molecular weight is 279 g/mol. The van der Waals surface area contributed by atoms with Crippen LogP contribution >= 0.6 is 11.3 Å². The number of piperazine rings is 1. The van der Waals surface area contributed by atoms with Gasteiger partial charge < -0.3 is 5.32 Å². The Morgan fingerprint density at radius 2 is 2.11 bits per heavy atom. The molecule has 1 saturated carbocycles. The van der Waals surface area contributed by atoms with E-state index >= 15 is 0 Å². The summed E-state index contributed by atoms with van der Waals surface area (Å²) in [4.78, 5) is 7.60. The van der Waals surface area contributed by atoms with Gasteiger partial charge >= 0.3 is 0 Å². The first-order valence-corrected chi connectivity index (χ1v) is 8.66. The molecule has 3 nitrogen and oxygen atoms in total. The van der Waals surface area contributed by atoms with E-state index in [0.717, 1.165) is 32.1 Å². The van der Waals surface area contributed by atoms with Crippen molar-refractivity contribution >= 4 is 11.3 Å². The lowest BCUT2D eigenvalue weighted by Crippen LogP contribution is -2.45. The number of nitrogens with one attached hydrogen (secondary N) is 1. The van der Waals surface area contributed by atoms with Gasteiger partial charge in [0.05, 0.1) is 11.7 Å². The molecule has 1 N–H and O–H groups in total. The van der Waals surface area contributed by atoms with Gasteiger partial charge in [-0.25, -0.2) is 4.98 Å². The quantitative estimate of drug-likeness (QED) is 0.917. The van der Waals surface area contributed by atoms with Crippen molar-refractivity contribution in [2.24, 2.45) is 0 Å². The number of hydrogen-bond donors (Lipinski definition) is 1. The van der Waals surface area contributed by atoms with Crippen LogP contribution in [0.15, 0.2) is 5.38 Å². The van der Waals surface area contributed by atoms with Crippen LogP contribution in [0.3, 0.4) is 0 Å². The molecular weight excluding hydrogens is 254 g/mol. The Labute approximate surface area is 120 Å². The zero-order valence-electron chi connectivity index (χ0n) is 11.9. The summed E-state index contributed by atoms with van der Waals surface area (Å²) in [5, 5.41) is 7.12. The highest BCUT2D eigenvalue weighted by Gasteiger charge is 2.25. The molecular formula is C15H25N3S. The van der Waals surface area contributed by atoms with E-state index in [2.05, 4.69) is 22.5 Å². The van der Waals surface area contributed by atoms with Crippen molar-refractivity contribution < 1.29 is 0 Å². The average Bonchev–Trinajstić information content (AvgIpc) is 3.11. The fourth-order valence-corrected chi connectivity index (χ4v) is 4.56. The maximum Gasteiger partial charge on any atom is 0.110 e. The Morgan fingerprint density at radius 1 is 1.37 bits per heavy atom. The summed E-state index contributed by atoms with van der Waals surface area (Å²) in [5.41, 5.74) is 1.38. The highest BCUT2D eigenvalue weighted by molar-refractivity contribution is 7.09. The molecule has 106 valence electrons. The summed E-state index contributed by atoms with van der Waals surface area (Å²) in [6, 6.07) is 0.544. The van der Waals surface area contributed by atoms with Crippen LogP contribution in [0.1, 0.15) is 61.7 Å². The molecule has 2 heterocycles. The van der Waals surface area contributed by atoms with E-state index in [1.54, 1.807) is 0 Å². The minimum Gasteiger partial charge on any atom is -0.314 e. The van der Waals surface area contributed by atoms with Crippen LogP contribution in [-0.2, 0) is 0 Å². The lowest BCUT2D eigenvalue weighted by Gasteiger charge is -2.33. The second-order valence-electron chi connectivity index (χ2n) is 5.80. The van der Waals surface area contributed by atoms with E-state index in [0.29, 0.717) is 6.04 Å². The van der Waals surface area contributed by atoms with Gasteiger partial charge in [0.25, 0.3) is 0 Å². The molecule has 1 saturated heterocycles. The summed E-state index contributed by atoms with van der Waals surface area (Å²) < 4.78 is 0. The number of hydrogen-bond acceptors (Lipinski definition) is 4. The molecule has 1 unspecified atom stereocenters. The molecule has 4 heteroatoms. The first-order valence-electron chi connectivity index (χ1n) is 7.78. The van der Waals surface area contributed by atoms with E-state index in [-0.39, 0.29) is 0 Å². The van der Waals surface area contributed by atoms with Gasteiger partial charge in [-0.2, -0.15) is 0 Å². The second-order valence-corrected chi connectivity index (χ2v) is 6.69. The van der Waals surface area contributed by atoms with Gasteiger partial charge in [-0.1, -0.05) is 19.8 Å². The molecule has 3 rings (SSSR count). The van der Waals surface area contributed by atoms with Crippen LogP contribution in [0, 0.1) is 0 Å². The van der Waals surface area contributed by atoms with Gasteiger partial charge in [0.15, 0.2) is 0 Å². The number of aromatic nitrogens is 1. The zero-order chi connectivity index (χ0) is 13.1. The van der Waals surface area contributed by atoms with E-state index in [1.165, 1.54) is 42.8 Å². The van der Waals surface area contributed by atoms with Crippen LogP contribution in [-0.4, -0.2) is 36.1 Å². The van der Waals surface area contributed by atoms with Gasteiger partial charge in [0, 0.05) is 37.5 Å². The van der Waals surface area contributed by atoms with E-state index < -0.39 is 0 Å². The lowest BCUT2D eigenvalue weighted by molar-refractivity contribution is 0.169. The fraction of sp³-hybridized carbons (Fsp3) is 0.800. The van der Waals surface area contributed by atoms with E-state index in [1.807, 2.05) is 11.3 Å². The summed E-state index contributed by atoms with van der Waals surface area (Å²) in [6.07, 6.45) is 6.68. The van der Waals surface area contributed by atoms with Gasteiger partial charge in [-0.15, -0.1) is 11.3 Å². The van der Waals surface area contributed by atoms with Gasteiger partial charge in [-0.05, 0) is 19.3 Å². The first kappa shape index (κ1) is 13.5. The van der Waals surface area contributed by atoms with Crippen molar-refractivity contribution in [2.75, 3.05) is 26.2 Å². The molecule has 1 atom stereocenters. The minimum atomic E-state index is 0.544. The fourth-order valence-electron chi connectivity index (χ4n) is 3.45. The molecule has 1 aliphatic heterocycles. The molecule has 0 aromatic carbocycles. The molecule has 0 bridgehead atoms. The van der Waals surface area contributed by atoms with Crippen LogP contribution in [0.5, 0.6) is 0 Å². The Hall–Kier alpha value is -0.450. The van der Waals surface area contributed by atoms with E-state index in [9.17, 15) is 0 Å². The third-order valence-corrected chi connectivity index (χ3v) is 5.54. The van der Waals surface area contributed by atoms with Gasteiger partial charge in [0.1, 0.15) is 5.01 Å². The molecule has 1 aliphatic carbocycles. The van der Waals surface area contributed by atoms with E-state index in [4.69, 9.17) is 4.98 Å². The number of rotatable bonds is 4. The molecule has 2 fully saturated rings. The summed E-state index contributed by atoms with van der Waals surface area (Å²) in [7, 11) is 0. The Balaban J connectivity index is 1.71. The van der Waals surface area contributed by atoms with Crippen molar-refractivity contribution in [1.82, 2.24) is 15.2 Å². The number of thiazole rings is 1. The molecule has 0 radical (unpaired) electrons. The molecule has 19 heavy (non-hydrogen) atoms. The maximum atomic E-state index is 5.00. The molecule has 1 aromatic rings. The molecule has 1 aromatic heterocycles. The Kier molecular flexibility index (Phi) is 4.51. The van der Waals surface area contributed by atoms with Crippen molar-refractivity contribution in [3.63, 3.8) is 0 Å². The minimum absolute atomic E-state index is 0.544. The Morgan fingerprint density at radius 3 is 2.79 bits per heavy atom. The van der Waals surface area contributed by atoms with Crippen molar-refractivity contribution in [3.8, 4) is 0 Å². The van der Waals surface area contributed by atoms with Crippen LogP contribution in [0.2, 0.25) is 0 Å². The highest BCUT2D eigenvalue weighted by Crippen LogP contribution is 2.36. The van der Waals surface area contributed by atoms with Gasteiger partial charge in [-0.3, -0.25) is 4.90 Å². The van der Waals surface area contributed by atoms with Crippen LogP contribution < -0.4 is 5.32 Å². The normalized spacial score (nSPS) is 23.8. The smallest absolute Gasteiger partial charge is 0.110 e. The summed E-state index contributed by atoms with van der Waals surface area (Å²) >= 11 is 1.89. The largest absolute Gasteiger partial charge is 0.314 e. The maximum absolute atomic E-state index is 5.00. The van der Waals surface area contributed by atoms with Crippen LogP contribution in [0.4, 0.5) is 0 Å². The first-order chi connectivity index (χ1) is 9.38. The van der Waals surface area contributed by atoms with Crippen molar-refractivity contribution in [1.29, 1.82) is 0 Å². The van der Waals surface area contributed by atoms with Gasteiger partial charge in [0.2, 0.25) is 0 Å². The predicted molar refractivity (Wildman–Crippen MR) is 80.8 cm³/mol. The third kappa shape index (κ3) is 3.01. The molecule has 0 spiro atoms. The van der Waals surface area contributed by atoms with Crippen molar-refractivity contribution in [3.05, 3.63) is 16.1 Å². The monoisotopic (exact) mass is 279 g/mol. The number of nitrogens with zero attached hydrogens (tertiary/aromatic N) is 2. The highest BCUT2D eigenvalue weighted by atomic mass is 32.1. The third-order valence-electron chi connectivity index (χ3n) is 4.58. The summed E-state index contributed by atoms with van der Waals surface area (Å²) in [6.45, 7) is 6.87. The molecule has 0 amide bonds. The topological polar surface area (TPSA) is 28.2 Å². The van der Waals surface area contributed by atoms with Crippen LogP contribution in [0.25, 0.3) is 0 Å². The van der Waals surface area contributed by atoms with Crippen molar-refractivity contribution in [2.45, 2.75) is 51.0 Å². The standard InChI is InChI=1S/C15H25N3S/c1-2-14(18-9-7-16-8-10-18)15-17-13(11-19-15)12-5-3-4-6-12/h11-12,14,16H,2-10H2,1H3. The summed E-state index contributed by atoms with van der Waals surface area (Å²) in [5.74, 6) is 0.755. The SMILES string of the molecule is CCC(c1nc(C2CCCC2)cs1)N1CCNCC1. The predicted octanol–water partition coefficient (Wildman–Crippen LogP) is 3.16. The Bertz CT molecular complexity index is 392. The second kappa shape index (κ2) is 6.33. The zero-order valence-corrected chi connectivity index (χ0v) is 12.7. The lowest BCUT2D eigenvalue weighted by atomic mass is 10.1. The molecule has 2 aliphatic rings.